The largest absolute Gasteiger partial charge is 0.491 e. The van der Waals surface area contributed by atoms with E-state index in [0.29, 0.717) is 17.2 Å². The third-order valence-electron chi connectivity index (χ3n) is 4.81. The van der Waals surface area contributed by atoms with Crippen LogP contribution in [0, 0.1) is 0 Å². The van der Waals surface area contributed by atoms with Crippen molar-refractivity contribution in [1.29, 1.82) is 0 Å². The van der Waals surface area contributed by atoms with E-state index in [9.17, 15) is 9.90 Å². The van der Waals surface area contributed by atoms with E-state index >= 15 is 0 Å². The van der Waals surface area contributed by atoms with Crippen LogP contribution in [-0.2, 0) is 19.4 Å². The molecule has 4 rings (SSSR count). The van der Waals surface area contributed by atoms with Gasteiger partial charge in [0, 0.05) is 31.3 Å². The van der Waals surface area contributed by atoms with Crippen molar-refractivity contribution in [1.82, 2.24) is 14.5 Å². The van der Waals surface area contributed by atoms with Gasteiger partial charge in [-0.1, -0.05) is 24.3 Å². The van der Waals surface area contributed by atoms with Crippen LogP contribution in [0.25, 0.3) is 0 Å². The smallest absolute Gasteiger partial charge is 0.325 e. The number of benzene rings is 1. The van der Waals surface area contributed by atoms with Crippen molar-refractivity contribution in [3.05, 3.63) is 76.2 Å². The zero-order valence-electron chi connectivity index (χ0n) is 15.0. The van der Waals surface area contributed by atoms with Gasteiger partial charge in [0.1, 0.15) is 12.2 Å². The first kappa shape index (κ1) is 17.4. The molecule has 0 spiro atoms. The first-order valence-electron chi connectivity index (χ1n) is 8.83. The molecule has 2 heterocycles. The third-order valence-corrected chi connectivity index (χ3v) is 4.81. The Kier molecular flexibility index (Phi) is 4.68. The number of imidazole rings is 1. The van der Waals surface area contributed by atoms with Gasteiger partial charge in [0.05, 0.1) is 25.5 Å². The van der Waals surface area contributed by atoms with Crippen molar-refractivity contribution in [2.75, 3.05) is 7.11 Å². The summed E-state index contributed by atoms with van der Waals surface area (Å²) in [5.74, 6) is 1.06. The normalized spacial score (nSPS) is 14.7. The highest BCUT2D eigenvalue weighted by Gasteiger charge is 2.24. The highest BCUT2D eigenvalue weighted by atomic mass is 16.5. The van der Waals surface area contributed by atoms with E-state index in [1.54, 1.807) is 19.4 Å². The summed E-state index contributed by atoms with van der Waals surface area (Å²) in [6, 6.07) is 9.99. The topological polar surface area (TPSA) is 89.4 Å². The third kappa shape index (κ3) is 3.59. The van der Waals surface area contributed by atoms with Gasteiger partial charge in [-0.05, 0) is 11.1 Å². The summed E-state index contributed by atoms with van der Waals surface area (Å²) in [4.78, 5) is 18.4. The van der Waals surface area contributed by atoms with E-state index in [4.69, 9.17) is 9.47 Å². The molecule has 1 atom stereocenters. The number of aliphatic hydroxyl groups is 1. The molecule has 140 valence electrons. The maximum Gasteiger partial charge on any atom is 0.325 e. The van der Waals surface area contributed by atoms with Gasteiger partial charge in [-0.25, -0.2) is 4.79 Å². The van der Waals surface area contributed by atoms with E-state index in [-0.39, 0.29) is 18.3 Å². The molecular formula is C20H21N3O4. The quantitative estimate of drug-likeness (QED) is 0.694. The number of aromatic nitrogens is 3. The second-order valence-electron chi connectivity index (χ2n) is 6.61. The molecule has 0 bridgehead atoms. The molecular weight excluding hydrogens is 346 g/mol. The van der Waals surface area contributed by atoms with Crippen LogP contribution in [0.1, 0.15) is 22.9 Å². The number of rotatable bonds is 6. The summed E-state index contributed by atoms with van der Waals surface area (Å²) >= 11 is 0. The van der Waals surface area contributed by atoms with Gasteiger partial charge in [-0.15, -0.1) is 0 Å². The predicted molar refractivity (Wildman–Crippen MR) is 99.1 cm³/mol. The van der Waals surface area contributed by atoms with Crippen LogP contribution >= 0.6 is 0 Å². The zero-order chi connectivity index (χ0) is 18.8. The summed E-state index contributed by atoms with van der Waals surface area (Å²) in [5.41, 5.74) is 2.74. The lowest BCUT2D eigenvalue weighted by Crippen LogP contribution is -2.21. The molecule has 7 nitrogen and oxygen atoms in total. The standard InChI is InChI=1S/C20H21N3O4/c1-26-19-11-22-16(17(24)12-23-7-6-21-20(23)25)10-18(19)27-15-8-13-4-2-3-5-14(13)9-15/h2-7,10-11,15,17,24H,8-9,12H2,1H3,(H,21,25). The molecule has 27 heavy (non-hydrogen) atoms. The van der Waals surface area contributed by atoms with Crippen molar-refractivity contribution >= 4 is 0 Å². The predicted octanol–water partition coefficient (Wildman–Crippen LogP) is 1.86. The van der Waals surface area contributed by atoms with Crippen LogP contribution in [0.2, 0.25) is 0 Å². The Balaban J connectivity index is 1.53. The van der Waals surface area contributed by atoms with Gasteiger partial charge < -0.3 is 19.6 Å². The van der Waals surface area contributed by atoms with Gasteiger partial charge >= 0.3 is 5.69 Å². The fourth-order valence-electron chi connectivity index (χ4n) is 3.42. The van der Waals surface area contributed by atoms with E-state index in [1.165, 1.54) is 28.1 Å². The number of pyridine rings is 1. The SMILES string of the molecule is COc1cnc(C(O)Cn2cc[nH]c2=O)cc1OC1Cc2ccccc2C1. The Morgan fingerprint density at radius 2 is 2.04 bits per heavy atom. The van der Waals surface area contributed by atoms with Crippen LogP contribution in [0.3, 0.4) is 0 Å². The summed E-state index contributed by atoms with van der Waals surface area (Å²) in [6.07, 6.45) is 5.39. The van der Waals surface area contributed by atoms with E-state index in [2.05, 4.69) is 22.1 Å². The van der Waals surface area contributed by atoms with Gasteiger partial charge in [0.2, 0.25) is 0 Å². The van der Waals surface area contributed by atoms with Crippen molar-refractivity contribution in [2.24, 2.45) is 0 Å². The molecule has 0 aliphatic heterocycles. The molecule has 7 heteroatoms. The number of methoxy groups -OCH3 is 1. The molecule has 3 aromatic rings. The first-order valence-corrected chi connectivity index (χ1v) is 8.83. The Hall–Kier alpha value is -3.06. The van der Waals surface area contributed by atoms with Crippen molar-refractivity contribution in [2.45, 2.75) is 31.6 Å². The molecule has 1 aliphatic carbocycles. The number of aromatic amines is 1. The number of fused-ring (bicyclic) bond motifs is 1. The lowest BCUT2D eigenvalue weighted by atomic mass is 10.1. The molecule has 0 saturated carbocycles. The average Bonchev–Trinajstić information content (AvgIpc) is 3.27. The van der Waals surface area contributed by atoms with Crippen molar-refractivity contribution in [3.63, 3.8) is 0 Å². The Bertz CT molecular complexity index is 970. The van der Waals surface area contributed by atoms with Gasteiger partial charge in [0.25, 0.3) is 0 Å². The van der Waals surface area contributed by atoms with E-state index in [1.807, 2.05) is 12.1 Å². The van der Waals surface area contributed by atoms with Gasteiger partial charge in [-0.2, -0.15) is 0 Å². The lowest BCUT2D eigenvalue weighted by molar-refractivity contribution is 0.148. The molecule has 0 saturated heterocycles. The maximum atomic E-state index is 11.6. The Labute approximate surface area is 156 Å². The number of hydrogen-bond acceptors (Lipinski definition) is 5. The summed E-state index contributed by atoms with van der Waals surface area (Å²) in [7, 11) is 1.56. The lowest BCUT2D eigenvalue weighted by Gasteiger charge is -2.18. The van der Waals surface area contributed by atoms with Crippen LogP contribution in [0.5, 0.6) is 11.5 Å². The zero-order valence-corrected chi connectivity index (χ0v) is 15.0. The molecule has 1 aliphatic rings. The second kappa shape index (κ2) is 7.28. The highest BCUT2D eigenvalue weighted by Crippen LogP contribution is 2.33. The fourth-order valence-corrected chi connectivity index (χ4v) is 3.42. The van der Waals surface area contributed by atoms with E-state index < -0.39 is 6.10 Å². The number of nitrogens with zero attached hydrogens (tertiary/aromatic N) is 2. The van der Waals surface area contributed by atoms with Gasteiger partial charge in [0.15, 0.2) is 11.5 Å². The monoisotopic (exact) mass is 367 g/mol. The molecule has 2 N–H and O–H groups in total. The summed E-state index contributed by atoms with van der Waals surface area (Å²) in [6.45, 7) is 0.107. The summed E-state index contributed by atoms with van der Waals surface area (Å²) in [5, 5.41) is 10.5. The van der Waals surface area contributed by atoms with Crippen LogP contribution in [0.4, 0.5) is 0 Å². The van der Waals surface area contributed by atoms with Gasteiger partial charge in [-0.3, -0.25) is 9.55 Å². The number of ether oxygens (including phenoxy) is 2. The highest BCUT2D eigenvalue weighted by molar-refractivity contribution is 5.41. The first-order chi connectivity index (χ1) is 13.1. The molecule has 2 aromatic heterocycles. The Morgan fingerprint density at radius 1 is 1.30 bits per heavy atom. The number of nitrogens with one attached hydrogen (secondary N) is 1. The second-order valence-corrected chi connectivity index (χ2v) is 6.61. The fraction of sp³-hybridized carbons (Fsp3) is 0.300. The number of aliphatic hydroxyl groups excluding tert-OH is 1. The minimum Gasteiger partial charge on any atom is -0.491 e. The molecule has 1 unspecified atom stereocenters. The molecule has 1 aromatic carbocycles. The van der Waals surface area contributed by atoms with E-state index in [0.717, 1.165) is 12.8 Å². The molecule has 0 fully saturated rings. The van der Waals surface area contributed by atoms with Crippen LogP contribution < -0.4 is 15.2 Å². The molecule has 0 amide bonds. The Morgan fingerprint density at radius 3 is 2.67 bits per heavy atom. The number of H-pyrrole nitrogens is 1. The van der Waals surface area contributed by atoms with Crippen molar-refractivity contribution < 1.29 is 14.6 Å². The number of hydrogen-bond donors (Lipinski definition) is 2. The average molecular weight is 367 g/mol. The minimum absolute atomic E-state index is 0.0102. The van der Waals surface area contributed by atoms with Crippen LogP contribution in [0.15, 0.2) is 53.7 Å². The summed E-state index contributed by atoms with van der Waals surface area (Å²) < 4.78 is 12.9. The van der Waals surface area contributed by atoms with Crippen LogP contribution in [-0.4, -0.2) is 32.9 Å². The van der Waals surface area contributed by atoms with Crippen molar-refractivity contribution in [3.8, 4) is 11.5 Å². The maximum absolute atomic E-state index is 11.6. The minimum atomic E-state index is -0.937. The molecule has 0 radical (unpaired) electrons.